The molecule has 2 saturated carbocycles. The minimum Gasteiger partial charge on any atom is -0.326 e. The van der Waals surface area contributed by atoms with Crippen LogP contribution in [0.15, 0.2) is 49.1 Å². The van der Waals surface area contributed by atoms with Crippen molar-refractivity contribution in [3.63, 3.8) is 0 Å². The number of carbonyl (C=O) groups excluding carboxylic acids is 1. The van der Waals surface area contributed by atoms with Crippen LogP contribution in [0.2, 0.25) is 0 Å². The van der Waals surface area contributed by atoms with Gasteiger partial charge in [-0.3, -0.25) is 20.1 Å². The summed E-state index contributed by atoms with van der Waals surface area (Å²) in [5.41, 5.74) is 7.36. The van der Waals surface area contributed by atoms with Crippen molar-refractivity contribution in [3.8, 4) is 6.07 Å². The van der Waals surface area contributed by atoms with Gasteiger partial charge in [0, 0.05) is 50.7 Å². The highest BCUT2D eigenvalue weighted by Gasteiger charge is 2.32. The summed E-state index contributed by atoms with van der Waals surface area (Å²) in [6.45, 7) is 1.36. The second-order valence-corrected chi connectivity index (χ2v) is 7.42. The molecule has 154 valence electrons. The quantitative estimate of drug-likeness (QED) is 0.821. The van der Waals surface area contributed by atoms with Crippen molar-refractivity contribution in [2.45, 2.75) is 70.0 Å². The van der Waals surface area contributed by atoms with E-state index in [1.165, 1.54) is 5.56 Å². The third kappa shape index (κ3) is 8.51. The van der Waals surface area contributed by atoms with E-state index in [0.29, 0.717) is 12.3 Å². The molecule has 2 fully saturated rings. The molecular weight excluding hydrogens is 362 g/mol. The number of hydrogen-bond acceptors (Lipinski definition) is 6. The Morgan fingerprint density at radius 1 is 0.931 bits per heavy atom. The number of nitrogens with one attached hydrogen (secondary N) is 1. The van der Waals surface area contributed by atoms with Crippen molar-refractivity contribution in [1.82, 2.24) is 15.3 Å². The lowest BCUT2D eigenvalue weighted by Crippen LogP contribution is -2.40. The highest BCUT2D eigenvalue weighted by Crippen LogP contribution is 2.29. The molecule has 0 amide bonds. The normalized spacial score (nSPS) is 16.8. The van der Waals surface area contributed by atoms with Gasteiger partial charge in [-0.2, -0.15) is 5.26 Å². The Morgan fingerprint density at radius 3 is 1.83 bits per heavy atom. The smallest absolute Gasteiger partial charge is 0.132 e. The zero-order valence-electron chi connectivity index (χ0n) is 17.0. The lowest BCUT2D eigenvalue weighted by molar-refractivity contribution is -0.117. The van der Waals surface area contributed by atoms with E-state index in [4.69, 9.17) is 11.0 Å². The van der Waals surface area contributed by atoms with Crippen LogP contribution < -0.4 is 11.1 Å². The van der Waals surface area contributed by atoms with E-state index in [1.807, 2.05) is 24.3 Å². The molecule has 0 unspecified atom stereocenters. The van der Waals surface area contributed by atoms with Crippen molar-refractivity contribution in [3.05, 3.63) is 60.2 Å². The van der Waals surface area contributed by atoms with Crippen LogP contribution in [0.5, 0.6) is 0 Å². The van der Waals surface area contributed by atoms with E-state index in [2.05, 4.69) is 21.4 Å². The topological polar surface area (TPSA) is 105 Å². The highest BCUT2D eigenvalue weighted by molar-refractivity contribution is 5.80. The summed E-state index contributed by atoms with van der Waals surface area (Å²) in [6, 6.07) is 10.2. The first-order valence-corrected chi connectivity index (χ1v) is 10.3. The van der Waals surface area contributed by atoms with E-state index >= 15 is 0 Å². The molecule has 6 nitrogen and oxygen atoms in total. The first-order chi connectivity index (χ1) is 14.2. The van der Waals surface area contributed by atoms with Gasteiger partial charge < -0.3 is 5.73 Å². The fraction of sp³-hybridized carbons (Fsp3) is 0.478. The summed E-state index contributed by atoms with van der Waals surface area (Å²) in [7, 11) is 0. The van der Waals surface area contributed by atoms with Crippen LogP contribution in [0.3, 0.4) is 0 Å². The molecule has 2 aliphatic rings. The molecule has 3 N–H and O–H groups in total. The zero-order chi connectivity index (χ0) is 20.8. The minimum absolute atomic E-state index is 0.275. The van der Waals surface area contributed by atoms with Gasteiger partial charge in [0.05, 0.1) is 6.07 Å². The summed E-state index contributed by atoms with van der Waals surface area (Å²) in [6.07, 6.45) is 15.3. The molecule has 29 heavy (non-hydrogen) atoms. The number of nitriles is 1. The van der Waals surface area contributed by atoms with Crippen LogP contribution in [0.1, 0.15) is 62.5 Å². The van der Waals surface area contributed by atoms with Crippen molar-refractivity contribution < 1.29 is 4.79 Å². The molecule has 0 atom stereocenters. The Kier molecular flexibility index (Phi) is 9.98. The second kappa shape index (κ2) is 12.8. The monoisotopic (exact) mass is 393 g/mol. The number of nitrogens with two attached hydrogens (primary N) is 1. The molecule has 2 aromatic rings. The van der Waals surface area contributed by atoms with E-state index in [-0.39, 0.29) is 5.54 Å². The van der Waals surface area contributed by atoms with Gasteiger partial charge in [0.1, 0.15) is 11.3 Å². The van der Waals surface area contributed by atoms with E-state index in [9.17, 15) is 4.79 Å². The molecule has 0 radical (unpaired) electrons. The van der Waals surface area contributed by atoms with E-state index in [1.54, 1.807) is 24.8 Å². The Morgan fingerprint density at radius 2 is 1.45 bits per heavy atom. The molecule has 0 spiro atoms. The molecule has 0 aliphatic heterocycles. The number of carbonyl (C=O) groups is 1. The molecule has 6 heteroatoms. The summed E-state index contributed by atoms with van der Waals surface area (Å²) in [4.78, 5) is 18.1. The van der Waals surface area contributed by atoms with Crippen molar-refractivity contribution >= 4 is 5.78 Å². The number of nitrogens with zero attached hydrogens (tertiary/aromatic N) is 3. The number of ketones is 1. The predicted octanol–water partition coefficient (Wildman–Crippen LogP) is 3.68. The Bertz CT molecular complexity index is 744. The standard InChI is InChI=1S/C12H15N3.C6H8N2.C5H8O/c13-10-12(5-1-2-6-12)15-9-11-3-7-14-8-4-11;7-5-6-1-3-8-4-2-6;6-5-3-1-2-4-5/h3-4,7-8,15H,1-2,5-6,9H2;1-4H,5,7H2;1-4H2. The molecule has 0 saturated heterocycles. The molecular formula is C23H31N5O. The van der Waals surface area contributed by atoms with Crippen LogP contribution >= 0.6 is 0 Å². The third-order valence-electron chi connectivity index (χ3n) is 5.20. The Balaban J connectivity index is 0.000000178. The number of hydrogen-bond donors (Lipinski definition) is 2. The summed E-state index contributed by atoms with van der Waals surface area (Å²) >= 11 is 0. The van der Waals surface area contributed by atoms with Crippen molar-refractivity contribution in [2.24, 2.45) is 5.73 Å². The lowest BCUT2D eigenvalue weighted by atomic mass is 9.99. The summed E-state index contributed by atoms with van der Waals surface area (Å²) in [5, 5.41) is 12.5. The predicted molar refractivity (Wildman–Crippen MR) is 113 cm³/mol. The first-order valence-electron chi connectivity index (χ1n) is 10.3. The SMILES string of the molecule is N#CC1(NCc2ccncc2)CCCC1.NCc1ccncc1.O=C1CCCC1. The number of aromatic nitrogens is 2. The maximum atomic E-state index is 10.2. The largest absolute Gasteiger partial charge is 0.326 e. The Hall–Kier alpha value is -2.62. The van der Waals surface area contributed by atoms with Gasteiger partial charge in [0.25, 0.3) is 0 Å². The zero-order valence-corrected chi connectivity index (χ0v) is 17.0. The van der Waals surface area contributed by atoms with E-state index in [0.717, 1.165) is 63.5 Å². The summed E-state index contributed by atoms with van der Waals surface area (Å²) < 4.78 is 0. The van der Waals surface area contributed by atoms with Crippen LogP contribution in [-0.2, 0) is 17.9 Å². The minimum atomic E-state index is -0.275. The maximum absolute atomic E-state index is 10.2. The number of pyridine rings is 2. The fourth-order valence-electron chi connectivity index (χ4n) is 3.37. The van der Waals surface area contributed by atoms with Gasteiger partial charge in [-0.05, 0) is 61.1 Å². The van der Waals surface area contributed by atoms with Gasteiger partial charge in [-0.25, -0.2) is 0 Å². The highest BCUT2D eigenvalue weighted by atomic mass is 16.1. The van der Waals surface area contributed by atoms with Gasteiger partial charge in [-0.15, -0.1) is 0 Å². The molecule has 2 heterocycles. The van der Waals surface area contributed by atoms with Crippen LogP contribution in [0.25, 0.3) is 0 Å². The van der Waals surface area contributed by atoms with Crippen molar-refractivity contribution in [1.29, 1.82) is 5.26 Å². The third-order valence-corrected chi connectivity index (χ3v) is 5.20. The van der Waals surface area contributed by atoms with Gasteiger partial charge in [0.2, 0.25) is 0 Å². The molecule has 2 aromatic heterocycles. The summed E-state index contributed by atoms with van der Waals surface area (Å²) in [5.74, 6) is 0.454. The van der Waals surface area contributed by atoms with Gasteiger partial charge in [-0.1, -0.05) is 12.8 Å². The molecule has 0 aromatic carbocycles. The maximum Gasteiger partial charge on any atom is 0.132 e. The van der Waals surface area contributed by atoms with Crippen LogP contribution in [0, 0.1) is 11.3 Å². The van der Waals surface area contributed by atoms with Crippen LogP contribution in [-0.4, -0.2) is 21.3 Å². The lowest BCUT2D eigenvalue weighted by Gasteiger charge is -2.21. The molecule has 2 aliphatic carbocycles. The van der Waals surface area contributed by atoms with Gasteiger partial charge >= 0.3 is 0 Å². The van der Waals surface area contributed by atoms with Gasteiger partial charge in [0.15, 0.2) is 0 Å². The average Bonchev–Trinajstić information content (AvgIpc) is 3.47. The van der Waals surface area contributed by atoms with Crippen molar-refractivity contribution in [2.75, 3.05) is 0 Å². The number of Topliss-reactive ketones (excluding diaryl/α,β-unsaturated/α-hetero) is 1. The molecule has 0 bridgehead atoms. The Labute approximate surface area is 173 Å². The molecule has 4 rings (SSSR count). The fourth-order valence-corrected chi connectivity index (χ4v) is 3.37. The number of rotatable bonds is 4. The average molecular weight is 394 g/mol. The van der Waals surface area contributed by atoms with Crippen LogP contribution in [0.4, 0.5) is 0 Å². The second-order valence-electron chi connectivity index (χ2n) is 7.42. The first kappa shape index (κ1) is 22.7. The van der Waals surface area contributed by atoms with E-state index < -0.39 is 0 Å².